The van der Waals surface area contributed by atoms with Gasteiger partial charge in [0.25, 0.3) is 0 Å². The van der Waals surface area contributed by atoms with E-state index in [0.717, 1.165) is 138 Å². The summed E-state index contributed by atoms with van der Waals surface area (Å²) in [6, 6.07) is 99.5. The van der Waals surface area contributed by atoms with E-state index in [1.165, 1.54) is 21.9 Å². The smallest absolute Gasteiger partial charge is 0.235 e. The standard InChI is InChI=1S/C76H46N4O2/c1-2-14-47(15-3-1)48-28-30-49(31-29-48)50-16-12-17-55(40-50)66-46-67(78-76(77-66)80-69-25-9-5-21-59(69)63-43-52(33-37-71(63)80)54-35-39-75-65(45-54)61-23-7-11-27-73(61)82-75)56-18-13-19-57(41-56)79-68-24-8-4-20-58(68)62-42-51(32-36-70(62)79)53-34-38-74-64(44-53)60-22-6-10-26-72(60)81-74/h1-46H. The molecule has 0 aliphatic rings. The molecule has 0 saturated heterocycles. The van der Waals surface area contributed by atoms with Crippen LogP contribution < -0.4 is 0 Å². The van der Waals surface area contributed by atoms with E-state index >= 15 is 0 Å². The third-order valence-electron chi connectivity index (χ3n) is 16.6. The highest BCUT2D eigenvalue weighted by atomic mass is 16.3. The third kappa shape index (κ3) is 7.43. The summed E-state index contributed by atoms with van der Waals surface area (Å²) in [5.41, 5.74) is 21.7. The molecule has 0 unspecified atom stereocenters. The second kappa shape index (κ2) is 18.2. The second-order valence-corrected chi connectivity index (χ2v) is 21.3. The van der Waals surface area contributed by atoms with Crippen molar-refractivity contribution in [1.82, 2.24) is 19.1 Å². The van der Waals surface area contributed by atoms with Gasteiger partial charge in [-0.2, -0.15) is 0 Å². The van der Waals surface area contributed by atoms with Gasteiger partial charge in [-0.05, 0) is 142 Å². The summed E-state index contributed by atoms with van der Waals surface area (Å²) in [6.45, 7) is 0. The molecule has 12 aromatic carbocycles. The van der Waals surface area contributed by atoms with E-state index in [1.807, 2.05) is 24.3 Å². The fourth-order valence-corrected chi connectivity index (χ4v) is 12.6. The first kappa shape index (κ1) is 45.9. The van der Waals surface area contributed by atoms with Gasteiger partial charge in [-0.1, -0.05) is 182 Å². The van der Waals surface area contributed by atoms with E-state index in [2.05, 4.69) is 264 Å². The Bertz CT molecular complexity index is 5410. The number of nitrogens with zero attached hydrogens (tertiary/aromatic N) is 4. The van der Waals surface area contributed by atoms with Gasteiger partial charge in [0.2, 0.25) is 5.95 Å². The first-order valence-corrected chi connectivity index (χ1v) is 27.8. The summed E-state index contributed by atoms with van der Waals surface area (Å²) in [5.74, 6) is 0.590. The molecule has 17 rings (SSSR count). The Morgan fingerprint density at radius 1 is 0.220 bits per heavy atom. The van der Waals surface area contributed by atoms with Gasteiger partial charge in [-0.3, -0.25) is 4.57 Å². The number of aromatic nitrogens is 4. The van der Waals surface area contributed by atoms with Crippen LogP contribution in [0.15, 0.2) is 288 Å². The van der Waals surface area contributed by atoms with E-state index in [4.69, 9.17) is 18.8 Å². The molecule has 0 saturated carbocycles. The molecule has 0 N–H and O–H groups in total. The molecule has 82 heavy (non-hydrogen) atoms. The summed E-state index contributed by atoms with van der Waals surface area (Å²) >= 11 is 0. The fraction of sp³-hybridized carbons (Fsp3) is 0. The molecule has 0 aliphatic heterocycles. The van der Waals surface area contributed by atoms with Crippen molar-refractivity contribution in [3.8, 4) is 78.7 Å². The van der Waals surface area contributed by atoms with Crippen LogP contribution in [0, 0.1) is 0 Å². The predicted octanol–water partition coefficient (Wildman–Crippen LogP) is 20.5. The molecule has 5 aromatic heterocycles. The minimum Gasteiger partial charge on any atom is -0.456 e. The number of furan rings is 2. The molecule has 5 heterocycles. The fourth-order valence-electron chi connectivity index (χ4n) is 12.6. The van der Waals surface area contributed by atoms with Gasteiger partial charge in [-0.15, -0.1) is 0 Å². The van der Waals surface area contributed by atoms with Crippen molar-refractivity contribution in [2.75, 3.05) is 0 Å². The summed E-state index contributed by atoms with van der Waals surface area (Å²) < 4.78 is 17.1. The normalized spacial score (nSPS) is 11.9. The van der Waals surface area contributed by atoms with Crippen LogP contribution in [0.2, 0.25) is 0 Å². The summed E-state index contributed by atoms with van der Waals surface area (Å²) in [6.07, 6.45) is 0. The van der Waals surface area contributed by atoms with Crippen LogP contribution in [0.4, 0.5) is 0 Å². The zero-order valence-electron chi connectivity index (χ0n) is 44.2. The molecule has 0 aliphatic carbocycles. The van der Waals surface area contributed by atoms with Crippen molar-refractivity contribution in [3.63, 3.8) is 0 Å². The first-order chi connectivity index (χ1) is 40.6. The Labute approximate surface area is 470 Å². The van der Waals surface area contributed by atoms with E-state index in [0.29, 0.717) is 5.95 Å². The van der Waals surface area contributed by atoms with Crippen molar-refractivity contribution in [2.24, 2.45) is 0 Å². The zero-order chi connectivity index (χ0) is 53.8. The maximum atomic E-state index is 6.23. The van der Waals surface area contributed by atoms with Crippen molar-refractivity contribution in [1.29, 1.82) is 0 Å². The largest absolute Gasteiger partial charge is 0.456 e. The monoisotopic (exact) mass is 1050 g/mol. The van der Waals surface area contributed by atoms with Gasteiger partial charge in [0, 0.05) is 59.9 Å². The number of hydrogen-bond acceptors (Lipinski definition) is 4. The van der Waals surface area contributed by atoms with Gasteiger partial charge in [0.15, 0.2) is 0 Å². The second-order valence-electron chi connectivity index (χ2n) is 21.3. The molecule has 17 aromatic rings. The lowest BCUT2D eigenvalue weighted by Crippen LogP contribution is -2.04. The lowest BCUT2D eigenvalue weighted by atomic mass is 9.98. The Balaban J connectivity index is 0.819. The van der Waals surface area contributed by atoms with Crippen LogP contribution in [0.1, 0.15) is 0 Å². The lowest BCUT2D eigenvalue weighted by Gasteiger charge is -2.14. The predicted molar refractivity (Wildman–Crippen MR) is 338 cm³/mol. The minimum atomic E-state index is 0.590. The van der Waals surface area contributed by atoms with E-state index < -0.39 is 0 Å². The van der Waals surface area contributed by atoms with E-state index in [1.54, 1.807) is 0 Å². The molecule has 0 atom stereocenters. The highest BCUT2D eigenvalue weighted by Gasteiger charge is 2.21. The van der Waals surface area contributed by atoms with Gasteiger partial charge in [-0.25, -0.2) is 9.97 Å². The number of para-hydroxylation sites is 4. The van der Waals surface area contributed by atoms with Crippen molar-refractivity contribution < 1.29 is 8.83 Å². The Kier molecular flexibility index (Phi) is 10.2. The van der Waals surface area contributed by atoms with E-state index in [-0.39, 0.29) is 0 Å². The van der Waals surface area contributed by atoms with Crippen molar-refractivity contribution in [2.45, 2.75) is 0 Å². The molecule has 0 radical (unpaired) electrons. The molecule has 0 fully saturated rings. The number of hydrogen-bond donors (Lipinski definition) is 0. The summed E-state index contributed by atoms with van der Waals surface area (Å²) in [5, 5.41) is 9.06. The zero-order valence-corrected chi connectivity index (χ0v) is 44.2. The van der Waals surface area contributed by atoms with Gasteiger partial charge in [0.05, 0.1) is 33.5 Å². The maximum Gasteiger partial charge on any atom is 0.235 e. The molecule has 0 bridgehead atoms. The average Bonchev–Trinajstić information content (AvgIpc) is 3.14. The molecular weight excluding hydrogens is 1000 g/mol. The van der Waals surface area contributed by atoms with Crippen LogP contribution in [0.3, 0.4) is 0 Å². The number of benzene rings is 12. The van der Waals surface area contributed by atoms with Gasteiger partial charge < -0.3 is 13.4 Å². The van der Waals surface area contributed by atoms with Gasteiger partial charge >= 0.3 is 0 Å². The van der Waals surface area contributed by atoms with E-state index in [9.17, 15) is 0 Å². The van der Waals surface area contributed by atoms with Crippen molar-refractivity contribution >= 4 is 87.5 Å². The Morgan fingerprint density at radius 3 is 1.20 bits per heavy atom. The molecule has 6 heteroatoms. The summed E-state index contributed by atoms with van der Waals surface area (Å²) in [4.78, 5) is 11.1. The SMILES string of the molecule is c1ccc(-c2ccc(-c3cccc(-c4cc(-c5cccc(-n6c7ccccc7c7cc(-c8ccc9oc%10ccccc%10c9c8)ccc76)c5)nc(-n5c6ccccc6c6cc(-c7ccc8oc9ccccc9c8c7)ccc65)n4)c3)cc2)cc1. The van der Waals surface area contributed by atoms with Crippen molar-refractivity contribution in [3.05, 3.63) is 279 Å². The first-order valence-electron chi connectivity index (χ1n) is 27.8. The lowest BCUT2D eigenvalue weighted by molar-refractivity contribution is 0.668. The summed E-state index contributed by atoms with van der Waals surface area (Å²) in [7, 11) is 0. The molecule has 0 amide bonds. The highest BCUT2D eigenvalue weighted by Crippen LogP contribution is 2.41. The Hall–Kier alpha value is -11.1. The maximum absolute atomic E-state index is 6.23. The van der Waals surface area contributed by atoms with Gasteiger partial charge in [0.1, 0.15) is 22.3 Å². The Morgan fingerprint density at radius 2 is 0.598 bits per heavy atom. The molecule has 0 spiro atoms. The van der Waals surface area contributed by atoms with Crippen LogP contribution in [-0.4, -0.2) is 19.1 Å². The van der Waals surface area contributed by atoms with Crippen LogP contribution in [-0.2, 0) is 0 Å². The molecule has 382 valence electrons. The number of rotatable bonds is 8. The topological polar surface area (TPSA) is 61.9 Å². The van der Waals surface area contributed by atoms with Crippen LogP contribution >= 0.6 is 0 Å². The highest BCUT2D eigenvalue weighted by molar-refractivity contribution is 6.13. The van der Waals surface area contributed by atoms with Crippen LogP contribution in [0.5, 0.6) is 0 Å². The number of fused-ring (bicyclic) bond motifs is 12. The molecular formula is C76H46N4O2. The average molecular weight is 1050 g/mol. The third-order valence-corrected chi connectivity index (χ3v) is 16.6. The van der Waals surface area contributed by atoms with Crippen LogP contribution in [0.25, 0.3) is 166 Å². The quantitative estimate of drug-likeness (QED) is 0.152. The minimum absolute atomic E-state index is 0.590. The molecule has 6 nitrogen and oxygen atoms in total.